The molecule has 0 bridgehead atoms. The highest BCUT2D eigenvalue weighted by molar-refractivity contribution is 6.31. The average Bonchev–Trinajstić information content (AvgIpc) is 2.78. The highest BCUT2D eigenvalue weighted by Crippen LogP contribution is 2.44. The topological polar surface area (TPSA) is 48.0 Å². The number of amides is 1. The van der Waals surface area contributed by atoms with E-state index in [-0.39, 0.29) is 11.9 Å². The Morgan fingerprint density at radius 1 is 0.812 bits per heavy atom. The number of ether oxygens (including phenoxy) is 3. The summed E-state index contributed by atoms with van der Waals surface area (Å²) in [4.78, 5) is 15.0. The molecule has 2 atom stereocenters. The summed E-state index contributed by atoms with van der Waals surface area (Å²) in [7, 11) is 3.16. The van der Waals surface area contributed by atoms with Crippen LogP contribution in [0, 0.1) is 13.8 Å². The van der Waals surface area contributed by atoms with Crippen LogP contribution in [0.1, 0.15) is 22.7 Å². The molecule has 2 unspecified atom stereocenters. The molecule has 3 aromatic rings. The smallest absolute Gasteiger partial charge is 0.271 e. The zero-order chi connectivity index (χ0) is 23.0. The third-order valence-corrected chi connectivity index (χ3v) is 6.26. The summed E-state index contributed by atoms with van der Waals surface area (Å²) < 4.78 is 17.0. The minimum atomic E-state index is -0.715. The van der Waals surface area contributed by atoms with Crippen LogP contribution in [0.15, 0.2) is 54.6 Å². The molecule has 166 valence electrons. The molecule has 1 aliphatic heterocycles. The van der Waals surface area contributed by atoms with Gasteiger partial charge in [-0.05, 0) is 73.0 Å². The summed E-state index contributed by atoms with van der Waals surface area (Å²) in [6, 6.07) is 16.1. The summed E-state index contributed by atoms with van der Waals surface area (Å²) in [5, 5.41) is 1.21. The van der Waals surface area contributed by atoms with E-state index in [2.05, 4.69) is 0 Å². The molecule has 0 N–H and O–H groups in total. The number of hydrogen-bond donors (Lipinski definition) is 0. The van der Waals surface area contributed by atoms with Crippen molar-refractivity contribution in [2.45, 2.75) is 26.0 Å². The third kappa shape index (κ3) is 3.98. The Balaban J connectivity index is 1.76. The van der Waals surface area contributed by atoms with Gasteiger partial charge in [-0.3, -0.25) is 9.69 Å². The van der Waals surface area contributed by atoms with E-state index in [4.69, 9.17) is 37.4 Å². The highest BCUT2D eigenvalue weighted by Gasteiger charge is 2.51. The van der Waals surface area contributed by atoms with Crippen LogP contribution >= 0.6 is 23.2 Å². The SMILES string of the molecule is COc1ccc(C2C(Oc3ccc(Cl)cc3C)C(=O)N2c2ccc(C)c(Cl)c2)cc1OC. The molecule has 1 amide bonds. The van der Waals surface area contributed by atoms with Crippen molar-refractivity contribution < 1.29 is 19.0 Å². The lowest BCUT2D eigenvalue weighted by molar-refractivity contribution is -0.135. The van der Waals surface area contributed by atoms with Crippen molar-refractivity contribution in [1.29, 1.82) is 0 Å². The Morgan fingerprint density at radius 3 is 2.19 bits per heavy atom. The van der Waals surface area contributed by atoms with Gasteiger partial charge in [-0.25, -0.2) is 0 Å². The quantitative estimate of drug-likeness (QED) is 0.403. The lowest BCUT2D eigenvalue weighted by atomic mass is 9.89. The van der Waals surface area contributed by atoms with Crippen LogP contribution in [0.4, 0.5) is 5.69 Å². The van der Waals surface area contributed by atoms with E-state index in [1.165, 1.54) is 0 Å². The van der Waals surface area contributed by atoms with Gasteiger partial charge in [0.15, 0.2) is 11.5 Å². The normalized spacial score (nSPS) is 17.7. The second-order valence-electron chi connectivity index (χ2n) is 7.65. The van der Waals surface area contributed by atoms with Crippen molar-refractivity contribution in [1.82, 2.24) is 0 Å². The molecular weight excluding hydrogens is 449 g/mol. The minimum Gasteiger partial charge on any atom is -0.493 e. The van der Waals surface area contributed by atoms with Crippen LogP contribution in [0.5, 0.6) is 17.2 Å². The predicted octanol–water partition coefficient (Wildman–Crippen LogP) is 6.16. The van der Waals surface area contributed by atoms with Crippen LogP contribution in [-0.4, -0.2) is 26.2 Å². The molecule has 4 rings (SSSR count). The van der Waals surface area contributed by atoms with Gasteiger partial charge in [-0.15, -0.1) is 0 Å². The second kappa shape index (κ2) is 8.93. The van der Waals surface area contributed by atoms with Crippen molar-refractivity contribution in [3.8, 4) is 17.2 Å². The summed E-state index contributed by atoms with van der Waals surface area (Å²) in [5.41, 5.74) is 3.36. The Labute approximate surface area is 197 Å². The summed E-state index contributed by atoms with van der Waals surface area (Å²) >= 11 is 12.4. The molecule has 0 saturated carbocycles. The molecule has 5 nitrogen and oxygen atoms in total. The van der Waals surface area contributed by atoms with Crippen LogP contribution in [0.3, 0.4) is 0 Å². The number of benzene rings is 3. The number of carbonyl (C=O) groups excluding carboxylic acids is 1. The minimum absolute atomic E-state index is 0.154. The predicted molar refractivity (Wildman–Crippen MR) is 127 cm³/mol. The highest BCUT2D eigenvalue weighted by atomic mass is 35.5. The zero-order valence-corrected chi connectivity index (χ0v) is 19.7. The first-order valence-corrected chi connectivity index (χ1v) is 10.8. The standard InChI is InChI=1S/C25H23Cl2NO4/c1-14-5-8-18(13-19(14)27)28-23(16-6-9-21(30-3)22(12-16)31-4)24(25(28)29)32-20-10-7-17(26)11-15(20)2/h5-13,23-24H,1-4H3. The van der Waals surface area contributed by atoms with Crippen LogP contribution in [-0.2, 0) is 4.79 Å². The molecular formula is C25H23Cl2NO4. The maximum atomic E-state index is 13.3. The number of hydrogen-bond acceptors (Lipinski definition) is 4. The van der Waals surface area contributed by atoms with Gasteiger partial charge in [0, 0.05) is 15.7 Å². The summed E-state index contributed by atoms with van der Waals surface area (Å²) in [5.74, 6) is 1.64. The van der Waals surface area contributed by atoms with Gasteiger partial charge >= 0.3 is 0 Å². The van der Waals surface area contributed by atoms with E-state index >= 15 is 0 Å². The fraction of sp³-hybridized carbons (Fsp3) is 0.240. The number of carbonyl (C=O) groups is 1. The summed E-state index contributed by atoms with van der Waals surface area (Å²) in [6.45, 7) is 3.82. The fourth-order valence-corrected chi connectivity index (χ4v) is 4.24. The van der Waals surface area contributed by atoms with Crippen LogP contribution in [0.25, 0.3) is 0 Å². The fourth-order valence-electron chi connectivity index (χ4n) is 3.84. The van der Waals surface area contributed by atoms with Crippen molar-refractivity contribution >= 4 is 34.8 Å². The van der Waals surface area contributed by atoms with Gasteiger partial charge in [-0.2, -0.15) is 0 Å². The molecule has 7 heteroatoms. The molecule has 0 aromatic heterocycles. The Bertz CT molecular complexity index is 1180. The van der Waals surface area contributed by atoms with E-state index in [9.17, 15) is 4.79 Å². The maximum Gasteiger partial charge on any atom is 0.271 e. The number of β-lactam (4-membered cyclic amide) rings is 1. The molecule has 32 heavy (non-hydrogen) atoms. The van der Waals surface area contributed by atoms with Crippen molar-refractivity contribution in [3.05, 3.63) is 81.3 Å². The number of nitrogens with zero attached hydrogens (tertiary/aromatic N) is 1. The lowest BCUT2D eigenvalue weighted by Crippen LogP contribution is -2.61. The number of rotatable bonds is 6. The van der Waals surface area contributed by atoms with Crippen LogP contribution < -0.4 is 19.1 Å². The molecule has 0 aliphatic carbocycles. The van der Waals surface area contributed by atoms with Gasteiger partial charge in [0.05, 0.1) is 14.2 Å². The molecule has 0 radical (unpaired) electrons. The van der Waals surface area contributed by atoms with Crippen LogP contribution in [0.2, 0.25) is 10.0 Å². The first-order chi connectivity index (χ1) is 15.3. The third-order valence-electron chi connectivity index (χ3n) is 5.62. The van der Waals surface area contributed by atoms with Crippen molar-refractivity contribution in [3.63, 3.8) is 0 Å². The maximum absolute atomic E-state index is 13.3. The Morgan fingerprint density at radius 2 is 1.53 bits per heavy atom. The van der Waals surface area contributed by atoms with E-state index in [0.717, 1.165) is 16.7 Å². The first-order valence-electron chi connectivity index (χ1n) is 10.1. The Hall–Kier alpha value is -2.89. The molecule has 1 saturated heterocycles. The van der Waals surface area contributed by atoms with E-state index in [1.54, 1.807) is 37.3 Å². The number of halogens is 2. The average molecular weight is 472 g/mol. The van der Waals surface area contributed by atoms with Crippen molar-refractivity contribution in [2.75, 3.05) is 19.1 Å². The molecule has 1 aliphatic rings. The van der Waals surface area contributed by atoms with E-state index < -0.39 is 6.10 Å². The largest absolute Gasteiger partial charge is 0.493 e. The second-order valence-corrected chi connectivity index (χ2v) is 8.49. The van der Waals surface area contributed by atoms with Gasteiger partial charge in [0.1, 0.15) is 11.8 Å². The van der Waals surface area contributed by atoms with Gasteiger partial charge < -0.3 is 14.2 Å². The van der Waals surface area contributed by atoms with Crippen molar-refractivity contribution in [2.24, 2.45) is 0 Å². The van der Waals surface area contributed by atoms with Gasteiger partial charge in [0.25, 0.3) is 5.91 Å². The Kier molecular flexibility index (Phi) is 6.22. The number of anilines is 1. The van der Waals surface area contributed by atoms with Gasteiger partial charge in [-0.1, -0.05) is 35.3 Å². The van der Waals surface area contributed by atoms with Gasteiger partial charge in [0.2, 0.25) is 6.10 Å². The lowest BCUT2D eigenvalue weighted by Gasteiger charge is -2.47. The molecule has 1 heterocycles. The zero-order valence-electron chi connectivity index (χ0n) is 18.2. The monoisotopic (exact) mass is 471 g/mol. The molecule has 1 fully saturated rings. The van der Waals surface area contributed by atoms with E-state index in [0.29, 0.717) is 33.0 Å². The number of methoxy groups -OCH3 is 2. The molecule has 0 spiro atoms. The molecule has 3 aromatic carbocycles. The number of aryl methyl sites for hydroxylation is 2. The van der Waals surface area contributed by atoms with E-state index in [1.807, 2.05) is 50.2 Å². The first kappa shape index (κ1) is 22.3. The summed E-state index contributed by atoms with van der Waals surface area (Å²) in [6.07, 6.45) is -0.715.